The van der Waals surface area contributed by atoms with Gasteiger partial charge in [0, 0.05) is 0 Å². The van der Waals surface area contributed by atoms with E-state index in [1.807, 2.05) is 18.4 Å². The fraction of sp³-hybridized carbons (Fsp3) is 0.792. The molecule has 0 radical (unpaired) electrons. The second-order valence-corrected chi connectivity index (χ2v) is 15.2. The fourth-order valence-corrected chi connectivity index (χ4v) is 8.83. The lowest BCUT2D eigenvalue weighted by atomic mass is 10.1. The van der Waals surface area contributed by atoms with Crippen LogP contribution in [0.3, 0.4) is 0 Å². The number of aliphatic hydroxyl groups excluding tert-OH is 1. The highest BCUT2D eigenvalue weighted by molar-refractivity contribution is 6.73. The van der Waals surface area contributed by atoms with Crippen molar-refractivity contribution in [1.82, 2.24) is 19.5 Å². The Morgan fingerprint density at radius 3 is 2.57 bits per heavy atom. The van der Waals surface area contributed by atoms with Crippen LogP contribution in [0.1, 0.15) is 60.1 Å². The zero-order valence-corrected chi connectivity index (χ0v) is 22.4. The molecule has 35 heavy (non-hydrogen) atoms. The minimum absolute atomic E-state index is 0.146. The molecule has 10 nitrogen and oxygen atoms in total. The first-order valence-corrected chi connectivity index (χ1v) is 15.6. The highest BCUT2D eigenvalue weighted by Crippen LogP contribution is 2.44. The summed E-state index contributed by atoms with van der Waals surface area (Å²) in [4.78, 5) is 13.7. The summed E-state index contributed by atoms with van der Waals surface area (Å²) in [6.45, 7) is 10.4. The molecule has 2 N–H and O–H groups in total. The molecule has 11 heteroatoms. The van der Waals surface area contributed by atoms with Crippen molar-refractivity contribution in [3.05, 3.63) is 12.7 Å². The summed E-state index contributed by atoms with van der Waals surface area (Å²) in [5, 5.41) is 13.5. The van der Waals surface area contributed by atoms with E-state index in [4.69, 9.17) is 18.6 Å². The lowest BCUT2D eigenvalue weighted by Gasteiger charge is -2.34. The van der Waals surface area contributed by atoms with Gasteiger partial charge in [0.05, 0.1) is 25.1 Å². The molecule has 2 aromatic rings. The van der Waals surface area contributed by atoms with E-state index in [1.165, 1.54) is 0 Å². The van der Waals surface area contributed by atoms with Crippen molar-refractivity contribution < 1.29 is 23.7 Å². The van der Waals surface area contributed by atoms with Crippen molar-refractivity contribution in [3.63, 3.8) is 0 Å². The number of ether oxygens (including phenoxy) is 3. The van der Waals surface area contributed by atoms with Crippen LogP contribution in [-0.4, -0.2) is 75.8 Å². The summed E-state index contributed by atoms with van der Waals surface area (Å²) in [6.07, 6.45) is 5.04. The largest absolute Gasteiger partial charge is 0.412 e. The van der Waals surface area contributed by atoms with E-state index in [1.54, 1.807) is 12.7 Å². The van der Waals surface area contributed by atoms with Crippen molar-refractivity contribution >= 4 is 25.3 Å². The Morgan fingerprint density at radius 2 is 1.86 bits per heavy atom. The van der Waals surface area contributed by atoms with Crippen LogP contribution in [-0.2, 0) is 18.6 Å². The fourth-order valence-electron chi connectivity index (χ4n) is 5.90. The number of anilines is 1. The van der Waals surface area contributed by atoms with Gasteiger partial charge in [0.2, 0.25) is 0 Å². The average Bonchev–Trinajstić information content (AvgIpc) is 3.61. The summed E-state index contributed by atoms with van der Waals surface area (Å²) < 4.78 is 27.0. The van der Waals surface area contributed by atoms with Crippen LogP contribution in [0.25, 0.3) is 11.2 Å². The number of nitrogens with zero attached hydrogens (tertiary/aromatic N) is 4. The van der Waals surface area contributed by atoms with Gasteiger partial charge in [-0.3, -0.25) is 4.57 Å². The molecule has 0 aromatic carbocycles. The number of hydrogen-bond donors (Lipinski definition) is 2. The van der Waals surface area contributed by atoms with Crippen LogP contribution in [0.2, 0.25) is 18.1 Å². The Labute approximate surface area is 207 Å². The molecule has 1 aliphatic carbocycles. The molecule has 3 aliphatic rings. The Hall–Kier alpha value is -1.63. The Balaban J connectivity index is 1.39. The molecule has 5 rings (SSSR count). The van der Waals surface area contributed by atoms with E-state index in [2.05, 4.69) is 41.0 Å². The van der Waals surface area contributed by atoms with E-state index in [0.717, 1.165) is 37.4 Å². The van der Waals surface area contributed by atoms with E-state index in [-0.39, 0.29) is 31.0 Å². The molecule has 0 spiro atoms. The molecule has 0 amide bonds. The Bertz CT molecular complexity index is 1020. The molecule has 0 bridgehead atoms. The van der Waals surface area contributed by atoms with E-state index in [0.29, 0.717) is 17.0 Å². The van der Waals surface area contributed by atoms with Crippen LogP contribution < -0.4 is 5.32 Å². The first-order valence-electron chi connectivity index (χ1n) is 13.1. The predicted octanol–water partition coefficient (Wildman–Crippen LogP) is 3.59. The number of aliphatic hydroxyl groups is 1. The first kappa shape index (κ1) is 25.0. The zero-order valence-electron chi connectivity index (χ0n) is 21.4. The molecule has 2 saturated heterocycles. The van der Waals surface area contributed by atoms with Crippen LogP contribution in [0.5, 0.6) is 0 Å². The molecular weight excluding hydrogens is 466 g/mol. The van der Waals surface area contributed by atoms with Crippen molar-refractivity contribution in [2.75, 3.05) is 11.9 Å². The van der Waals surface area contributed by atoms with Crippen molar-refractivity contribution in [2.45, 2.75) is 114 Å². The quantitative estimate of drug-likeness (QED) is 0.494. The number of rotatable bonds is 9. The molecule has 6 unspecified atom stereocenters. The van der Waals surface area contributed by atoms with E-state index in [9.17, 15) is 5.11 Å². The third-order valence-corrected chi connectivity index (χ3v) is 12.7. The smallest absolute Gasteiger partial charge is 0.192 e. The van der Waals surface area contributed by atoms with Crippen molar-refractivity contribution in [3.8, 4) is 0 Å². The van der Waals surface area contributed by atoms with Gasteiger partial charge in [-0.05, 0) is 51.2 Å². The van der Waals surface area contributed by atoms with Crippen molar-refractivity contribution in [2.24, 2.45) is 0 Å². The van der Waals surface area contributed by atoms with Crippen LogP contribution in [0.4, 0.5) is 5.82 Å². The highest BCUT2D eigenvalue weighted by Gasteiger charge is 2.56. The second kappa shape index (κ2) is 9.68. The molecule has 3 fully saturated rings. The number of hydrogen-bond acceptors (Lipinski definition) is 9. The molecule has 2 aromatic heterocycles. The summed E-state index contributed by atoms with van der Waals surface area (Å²) in [5.41, 5.74) is 1.35. The lowest BCUT2D eigenvalue weighted by molar-refractivity contribution is -0.199. The van der Waals surface area contributed by atoms with E-state index < -0.39 is 26.4 Å². The molecule has 1 saturated carbocycles. The highest BCUT2D eigenvalue weighted by atomic mass is 28.4. The Kier molecular flexibility index (Phi) is 6.92. The maximum Gasteiger partial charge on any atom is 0.192 e. The topological polar surface area (TPSA) is 113 Å². The third kappa shape index (κ3) is 4.51. The van der Waals surface area contributed by atoms with Crippen molar-refractivity contribution in [1.29, 1.82) is 0 Å². The Morgan fingerprint density at radius 1 is 1.11 bits per heavy atom. The number of fused-ring (bicyclic) bond motifs is 2. The van der Waals surface area contributed by atoms with Gasteiger partial charge >= 0.3 is 0 Å². The monoisotopic (exact) mass is 505 g/mol. The van der Waals surface area contributed by atoms with Gasteiger partial charge < -0.3 is 29.1 Å². The minimum Gasteiger partial charge on any atom is -0.412 e. The molecular formula is C24H39N5O5Si. The maximum absolute atomic E-state index is 9.84. The van der Waals surface area contributed by atoms with Gasteiger partial charge in [-0.25, -0.2) is 15.0 Å². The first-order chi connectivity index (χ1) is 16.8. The summed E-state index contributed by atoms with van der Waals surface area (Å²) >= 11 is 0. The number of aromatic nitrogens is 4. The second-order valence-electron chi connectivity index (χ2n) is 10.4. The molecule has 2 aliphatic heterocycles. The minimum atomic E-state index is -1.70. The summed E-state index contributed by atoms with van der Waals surface area (Å²) in [5.74, 6) is -0.0304. The van der Waals surface area contributed by atoms with Gasteiger partial charge in [0.1, 0.15) is 24.6 Å². The lowest BCUT2D eigenvalue weighted by Crippen LogP contribution is -2.44. The SMILES string of the molecule is CC[Si](CC)(CC)OC1CCCC1Nc1ncnc2c1ncn2C1OC(CO)C2OC(C)(C)OC21. The number of nitrogens with one attached hydrogen (secondary N) is 1. The molecule has 6 atom stereocenters. The van der Waals surface area contributed by atoms with Gasteiger partial charge in [-0.1, -0.05) is 20.8 Å². The van der Waals surface area contributed by atoms with Gasteiger partial charge in [-0.15, -0.1) is 0 Å². The standard InChI is InChI=1S/C24H39N5O5Si/c1-6-35(7-2,8-3)34-16-11-9-10-15(16)28-21-18-22(26-13-25-21)29(14-27-18)23-20-19(17(12-30)31-23)32-24(4,5)33-20/h13-17,19-20,23,30H,6-12H2,1-5H3,(H,25,26,28). The summed E-state index contributed by atoms with van der Waals surface area (Å²) in [6, 6.07) is 3.64. The molecule has 4 heterocycles. The van der Waals surface area contributed by atoms with Crippen LogP contribution in [0.15, 0.2) is 12.7 Å². The predicted molar refractivity (Wildman–Crippen MR) is 133 cm³/mol. The zero-order chi connectivity index (χ0) is 24.8. The average molecular weight is 506 g/mol. The molecule has 194 valence electrons. The maximum atomic E-state index is 9.84. The van der Waals surface area contributed by atoms with Gasteiger partial charge in [-0.2, -0.15) is 0 Å². The van der Waals surface area contributed by atoms with Crippen LogP contribution in [0, 0.1) is 0 Å². The van der Waals surface area contributed by atoms with E-state index >= 15 is 0 Å². The normalized spacial score (nSPS) is 32.4. The third-order valence-electron chi connectivity index (χ3n) is 8.05. The van der Waals surface area contributed by atoms with Gasteiger partial charge in [0.25, 0.3) is 0 Å². The summed E-state index contributed by atoms with van der Waals surface area (Å²) in [7, 11) is -1.70. The number of imidazole rings is 1. The van der Waals surface area contributed by atoms with Gasteiger partial charge in [0.15, 0.2) is 37.3 Å². The van der Waals surface area contributed by atoms with Crippen LogP contribution >= 0.6 is 0 Å².